The van der Waals surface area contributed by atoms with Crippen LogP contribution in [0.1, 0.15) is 46.5 Å². The highest BCUT2D eigenvalue weighted by Crippen LogP contribution is 2.29. The Balaban J connectivity index is 3.81. The van der Waals surface area contributed by atoms with Gasteiger partial charge in [0, 0.05) is 0 Å². The van der Waals surface area contributed by atoms with Crippen LogP contribution in [0.4, 0.5) is 0 Å². The van der Waals surface area contributed by atoms with Crippen LogP contribution in [0.3, 0.4) is 0 Å². The SMILES string of the molecule is C=CC(C)(CCC)CCC. The summed E-state index contributed by atoms with van der Waals surface area (Å²) in [6.07, 6.45) is 7.21. The first-order valence-corrected chi connectivity index (χ1v) is 4.32. The van der Waals surface area contributed by atoms with Crippen molar-refractivity contribution >= 4 is 0 Å². The van der Waals surface area contributed by atoms with Crippen LogP contribution in [-0.4, -0.2) is 0 Å². The van der Waals surface area contributed by atoms with Crippen molar-refractivity contribution in [3.8, 4) is 0 Å². The Hall–Kier alpha value is -0.260. The first-order valence-electron chi connectivity index (χ1n) is 4.32. The highest BCUT2D eigenvalue weighted by Gasteiger charge is 2.16. The average molecular weight is 140 g/mol. The van der Waals surface area contributed by atoms with Crippen LogP contribution >= 0.6 is 0 Å². The molecule has 60 valence electrons. The molecule has 0 nitrogen and oxygen atoms in total. The minimum atomic E-state index is 0.406. The molecule has 0 bridgehead atoms. The molecule has 0 rings (SSSR count). The first-order chi connectivity index (χ1) is 4.68. The molecule has 0 aliphatic carbocycles. The fraction of sp³-hybridized carbons (Fsp3) is 0.800. The summed E-state index contributed by atoms with van der Waals surface area (Å²) >= 11 is 0. The van der Waals surface area contributed by atoms with E-state index in [1.807, 2.05) is 0 Å². The molecule has 0 aromatic carbocycles. The van der Waals surface area contributed by atoms with Gasteiger partial charge in [-0.2, -0.15) is 0 Å². The molecule has 0 heterocycles. The Labute approximate surface area is 65.3 Å². The summed E-state index contributed by atoms with van der Waals surface area (Å²) in [5.41, 5.74) is 0.406. The molecule has 0 aliphatic heterocycles. The molecule has 0 N–H and O–H groups in total. The molecular formula is C10H20. The third-order valence-electron chi connectivity index (χ3n) is 2.14. The molecular weight excluding hydrogens is 120 g/mol. The van der Waals surface area contributed by atoms with Gasteiger partial charge in [0.2, 0.25) is 0 Å². The fourth-order valence-electron chi connectivity index (χ4n) is 1.47. The molecule has 0 aromatic rings. The van der Waals surface area contributed by atoms with E-state index in [4.69, 9.17) is 0 Å². The third-order valence-corrected chi connectivity index (χ3v) is 2.14. The van der Waals surface area contributed by atoms with Gasteiger partial charge in [-0.25, -0.2) is 0 Å². The zero-order chi connectivity index (χ0) is 8.04. The van der Waals surface area contributed by atoms with Gasteiger partial charge in [-0.05, 0) is 18.3 Å². The molecule has 0 heteroatoms. The minimum absolute atomic E-state index is 0.406. The molecule has 0 fully saturated rings. The zero-order valence-electron chi connectivity index (χ0n) is 7.61. The maximum Gasteiger partial charge on any atom is -0.0149 e. The van der Waals surface area contributed by atoms with Crippen LogP contribution in [0.15, 0.2) is 12.7 Å². The van der Waals surface area contributed by atoms with Crippen LogP contribution in [0, 0.1) is 5.41 Å². The topological polar surface area (TPSA) is 0 Å². The van der Waals surface area contributed by atoms with Crippen LogP contribution in [0.25, 0.3) is 0 Å². The molecule has 0 aliphatic rings. The van der Waals surface area contributed by atoms with Crippen molar-refractivity contribution in [1.82, 2.24) is 0 Å². The van der Waals surface area contributed by atoms with Gasteiger partial charge in [-0.3, -0.25) is 0 Å². The normalized spacial score (nSPS) is 11.5. The monoisotopic (exact) mass is 140 g/mol. The summed E-state index contributed by atoms with van der Waals surface area (Å²) in [4.78, 5) is 0. The lowest BCUT2D eigenvalue weighted by molar-refractivity contribution is 0.353. The van der Waals surface area contributed by atoms with Crippen molar-refractivity contribution in [1.29, 1.82) is 0 Å². The van der Waals surface area contributed by atoms with E-state index >= 15 is 0 Å². The van der Waals surface area contributed by atoms with Gasteiger partial charge in [0.05, 0.1) is 0 Å². The summed E-state index contributed by atoms with van der Waals surface area (Å²) < 4.78 is 0. The van der Waals surface area contributed by atoms with Crippen LogP contribution in [0.2, 0.25) is 0 Å². The van der Waals surface area contributed by atoms with Gasteiger partial charge in [-0.15, -0.1) is 6.58 Å². The summed E-state index contributed by atoms with van der Waals surface area (Å²) in [6, 6.07) is 0. The van der Waals surface area contributed by atoms with E-state index in [2.05, 4.69) is 33.4 Å². The number of rotatable bonds is 5. The Morgan fingerprint density at radius 3 is 1.80 bits per heavy atom. The van der Waals surface area contributed by atoms with Crippen LogP contribution < -0.4 is 0 Å². The highest BCUT2D eigenvalue weighted by molar-refractivity contribution is 4.90. The predicted octanol–water partition coefficient (Wildman–Crippen LogP) is 3.78. The second-order valence-corrected chi connectivity index (χ2v) is 3.36. The van der Waals surface area contributed by atoms with E-state index in [1.54, 1.807) is 0 Å². The van der Waals surface area contributed by atoms with E-state index in [1.165, 1.54) is 25.7 Å². The first kappa shape index (κ1) is 9.74. The molecule has 0 radical (unpaired) electrons. The largest absolute Gasteiger partial charge is 0.103 e. The molecule has 0 amide bonds. The zero-order valence-corrected chi connectivity index (χ0v) is 7.61. The van der Waals surface area contributed by atoms with Crippen molar-refractivity contribution in [2.75, 3.05) is 0 Å². The Morgan fingerprint density at radius 2 is 1.60 bits per heavy atom. The standard InChI is InChI=1S/C10H20/c1-5-8-10(4,7-3)9-6-2/h7H,3,5-6,8-9H2,1-2,4H3. The smallest absolute Gasteiger partial charge is 0.0149 e. The number of hydrogen-bond acceptors (Lipinski definition) is 0. The molecule has 0 saturated carbocycles. The van der Waals surface area contributed by atoms with Gasteiger partial charge in [0.1, 0.15) is 0 Å². The van der Waals surface area contributed by atoms with E-state index < -0.39 is 0 Å². The lowest BCUT2D eigenvalue weighted by atomic mass is 9.82. The molecule has 10 heavy (non-hydrogen) atoms. The quantitative estimate of drug-likeness (QED) is 0.510. The van der Waals surface area contributed by atoms with Crippen molar-refractivity contribution < 1.29 is 0 Å². The van der Waals surface area contributed by atoms with E-state index in [-0.39, 0.29) is 0 Å². The highest BCUT2D eigenvalue weighted by atomic mass is 14.2. The molecule has 0 unspecified atom stereocenters. The maximum atomic E-state index is 3.87. The second-order valence-electron chi connectivity index (χ2n) is 3.36. The van der Waals surface area contributed by atoms with E-state index in [0.29, 0.717) is 5.41 Å². The second kappa shape index (κ2) is 4.54. The maximum absolute atomic E-state index is 3.87. The van der Waals surface area contributed by atoms with E-state index in [9.17, 15) is 0 Å². The Kier molecular flexibility index (Phi) is 4.42. The lowest BCUT2D eigenvalue weighted by Crippen LogP contribution is -2.11. The molecule has 0 spiro atoms. The van der Waals surface area contributed by atoms with Gasteiger partial charge >= 0.3 is 0 Å². The average Bonchev–Trinajstić information content (AvgIpc) is 1.89. The van der Waals surface area contributed by atoms with Gasteiger partial charge in [0.25, 0.3) is 0 Å². The molecule has 0 aromatic heterocycles. The van der Waals surface area contributed by atoms with Crippen molar-refractivity contribution in [2.24, 2.45) is 5.41 Å². The van der Waals surface area contributed by atoms with Crippen LogP contribution in [-0.2, 0) is 0 Å². The van der Waals surface area contributed by atoms with Crippen molar-refractivity contribution in [3.63, 3.8) is 0 Å². The van der Waals surface area contributed by atoms with Crippen molar-refractivity contribution in [2.45, 2.75) is 46.5 Å². The number of hydrogen-bond donors (Lipinski definition) is 0. The summed E-state index contributed by atoms with van der Waals surface area (Å²) in [5.74, 6) is 0. The minimum Gasteiger partial charge on any atom is -0.103 e. The molecule has 0 atom stereocenters. The third kappa shape index (κ3) is 3.05. The van der Waals surface area contributed by atoms with Gasteiger partial charge in [0.15, 0.2) is 0 Å². The summed E-state index contributed by atoms with van der Waals surface area (Å²) in [7, 11) is 0. The lowest BCUT2D eigenvalue weighted by Gasteiger charge is -2.24. The van der Waals surface area contributed by atoms with E-state index in [0.717, 1.165) is 0 Å². The summed E-state index contributed by atoms with van der Waals surface area (Å²) in [5, 5.41) is 0. The predicted molar refractivity (Wildman–Crippen MR) is 48.1 cm³/mol. The molecule has 0 saturated heterocycles. The summed E-state index contributed by atoms with van der Waals surface area (Å²) in [6.45, 7) is 10.6. The Bertz CT molecular complexity index is 86.2. The Morgan fingerprint density at radius 1 is 1.20 bits per heavy atom. The van der Waals surface area contributed by atoms with Crippen molar-refractivity contribution in [3.05, 3.63) is 12.7 Å². The van der Waals surface area contributed by atoms with Gasteiger partial charge < -0.3 is 0 Å². The number of allylic oxidation sites excluding steroid dienone is 1. The van der Waals surface area contributed by atoms with Gasteiger partial charge in [-0.1, -0.05) is 39.7 Å². The van der Waals surface area contributed by atoms with Crippen LogP contribution in [0.5, 0.6) is 0 Å². The fourth-order valence-corrected chi connectivity index (χ4v) is 1.47.